The van der Waals surface area contributed by atoms with E-state index in [1.807, 2.05) is 48.3 Å². The fraction of sp³-hybridized carbons (Fsp3) is 0.150. The number of carbonyl (C=O) groups excluding carboxylic acids is 1. The van der Waals surface area contributed by atoms with Crippen LogP contribution in [0.25, 0.3) is 10.8 Å². The molecule has 0 aromatic heterocycles. The van der Waals surface area contributed by atoms with Crippen molar-refractivity contribution in [1.29, 1.82) is 0 Å². The van der Waals surface area contributed by atoms with Gasteiger partial charge in [-0.2, -0.15) is 0 Å². The standard InChI is InChI=1S/C20H18F2N2O/c1-24(12-14-6-7-15-4-2-3-5-16(15)10-14)13-20(25)23-19-9-8-17(21)11-18(19)22/h2-11H,12-13H2,1H3,(H,23,25). The number of nitrogens with one attached hydrogen (secondary N) is 1. The summed E-state index contributed by atoms with van der Waals surface area (Å²) in [6.45, 7) is 0.688. The molecule has 128 valence electrons. The molecule has 0 heterocycles. The molecule has 3 aromatic carbocycles. The minimum absolute atomic E-state index is 0.0227. The molecule has 0 aliphatic rings. The van der Waals surface area contributed by atoms with Crippen LogP contribution in [0, 0.1) is 11.6 Å². The third kappa shape index (κ3) is 4.39. The van der Waals surface area contributed by atoms with Gasteiger partial charge in [-0.15, -0.1) is 0 Å². The first-order valence-corrected chi connectivity index (χ1v) is 7.92. The molecule has 3 nitrogen and oxygen atoms in total. The molecule has 0 saturated heterocycles. The van der Waals surface area contributed by atoms with E-state index in [4.69, 9.17) is 0 Å². The van der Waals surface area contributed by atoms with E-state index in [1.54, 1.807) is 0 Å². The van der Waals surface area contributed by atoms with Crippen LogP contribution in [0.3, 0.4) is 0 Å². The summed E-state index contributed by atoms with van der Waals surface area (Å²) in [7, 11) is 1.82. The van der Waals surface area contributed by atoms with Crippen molar-refractivity contribution in [3.05, 3.63) is 77.9 Å². The summed E-state index contributed by atoms with van der Waals surface area (Å²) in [4.78, 5) is 13.9. The van der Waals surface area contributed by atoms with Gasteiger partial charge in [0.25, 0.3) is 0 Å². The fourth-order valence-electron chi connectivity index (χ4n) is 2.73. The molecule has 0 spiro atoms. The van der Waals surface area contributed by atoms with Crippen molar-refractivity contribution in [2.24, 2.45) is 0 Å². The molecule has 3 aromatic rings. The normalized spacial score (nSPS) is 11.0. The quantitative estimate of drug-likeness (QED) is 0.755. The Balaban J connectivity index is 1.60. The van der Waals surface area contributed by atoms with E-state index in [-0.39, 0.29) is 18.1 Å². The molecule has 3 rings (SSSR count). The molecule has 5 heteroatoms. The Morgan fingerprint density at radius 2 is 1.76 bits per heavy atom. The maximum absolute atomic E-state index is 13.6. The van der Waals surface area contributed by atoms with Crippen LogP contribution in [0.5, 0.6) is 0 Å². The van der Waals surface area contributed by atoms with Gasteiger partial charge in [-0.3, -0.25) is 9.69 Å². The summed E-state index contributed by atoms with van der Waals surface area (Å²) in [6.07, 6.45) is 0. The predicted octanol–water partition coefficient (Wildman–Crippen LogP) is 4.19. The number of fused-ring (bicyclic) bond motifs is 1. The third-order valence-corrected chi connectivity index (χ3v) is 3.89. The number of benzene rings is 3. The SMILES string of the molecule is CN(CC(=O)Nc1ccc(F)cc1F)Cc1ccc2ccccc2c1. The molecule has 0 aliphatic heterocycles. The smallest absolute Gasteiger partial charge is 0.238 e. The summed E-state index contributed by atoms with van der Waals surface area (Å²) in [5, 5.41) is 4.77. The molecule has 0 saturated carbocycles. The Kier molecular flexibility index (Phi) is 5.05. The number of hydrogen-bond acceptors (Lipinski definition) is 2. The Bertz CT molecular complexity index is 911. The van der Waals surface area contributed by atoms with Crippen LogP contribution in [0.1, 0.15) is 5.56 Å². The summed E-state index contributed by atoms with van der Waals surface area (Å²) in [5.74, 6) is -1.82. The van der Waals surface area contributed by atoms with Crippen LogP contribution >= 0.6 is 0 Å². The molecule has 25 heavy (non-hydrogen) atoms. The van der Waals surface area contributed by atoms with Gasteiger partial charge in [-0.1, -0.05) is 36.4 Å². The Hall–Kier alpha value is -2.79. The first kappa shape index (κ1) is 17.0. The highest BCUT2D eigenvalue weighted by molar-refractivity contribution is 5.92. The van der Waals surface area contributed by atoms with E-state index in [1.165, 1.54) is 11.5 Å². The Morgan fingerprint density at radius 1 is 1.00 bits per heavy atom. The Morgan fingerprint density at radius 3 is 2.52 bits per heavy atom. The van der Waals surface area contributed by atoms with E-state index >= 15 is 0 Å². The molecule has 1 N–H and O–H groups in total. The maximum Gasteiger partial charge on any atom is 0.238 e. The molecule has 0 unspecified atom stereocenters. The van der Waals surface area contributed by atoms with Crippen molar-refractivity contribution in [1.82, 2.24) is 4.90 Å². The zero-order valence-electron chi connectivity index (χ0n) is 13.8. The molecule has 0 radical (unpaired) electrons. The lowest BCUT2D eigenvalue weighted by Gasteiger charge is -2.17. The van der Waals surface area contributed by atoms with Gasteiger partial charge in [0.1, 0.15) is 11.6 Å². The average molecular weight is 340 g/mol. The second-order valence-corrected chi connectivity index (χ2v) is 6.03. The van der Waals surface area contributed by atoms with E-state index in [2.05, 4.69) is 11.4 Å². The first-order valence-electron chi connectivity index (χ1n) is 7.92. The second-order valence-electron chi connectivity index (χ2n) is 6.03. The van der Waals surface area contributed by atoms with Crippen LogP contribution in [0.2, 0.25) is 0 Å². The van der Waals surface area contributed by atoms with Crippen LogP contribution < -0.4 is 5.32 Å². The zero-order chi connectivity index (χ0) is 17.8. The highest BCUT2D eigenvalue weighted by Crippen LogP contribution is 2.17. The van der Waals surface area contributed by atoms with Crippen LogP contribution in [0.4, 0.5) is 14.5 Å². The van der Waals surface area contributed by atoms with Crippen LogP contribution in [-0.2, 0) is 11.3 Å². The number of carbonyl (C=O) groups is 1. The molecule has 0 bridgehead atoms. The minimum Gasteiger partial charge on any atom is -0.322 e. The molecule has 1 amide bonds. The predicted molar refractivity (Wildman–Crippen MR) is 95.3 cm³/mol. The van der Waals surface area contributed by atoms with Gasteiger partial charge in [0.2, 0.25) is 5.91 Å². The largest absolute Gasteiger partial charge is 0.322 e. The number of nitrogens with zero attached hydrogens (tertiary/aromatic N) is 1. The summed E-state index contributed by atoms with van der Waals surface area (Å²) in [6, 6.07) is 17.3. The number of amides is 1. The van der Waals surface area contributed by atoms with Gasteiger partial charge in [0.15, 0.2) is 0 Å². The van der Waals surface area contributed by atoms with Gasteiger partial charge >= 0.3 is 0 Å². The number of rotatable bonds is 5. The van der Waals surface area contributed by atoms with E-state index < -0.39 is 11.6 Å². The Labute approximate surface area is 144 Å². The summed E-state index contributed by atoms with van der Waals surface area (Å²) in [5.41, 5.74) is 1.06. The van der Waals surface area contributed by atoms with Gasteiger partial charge < -0.3 is 5.32 Å². The van der Waals surface area contributed by atoms with Gasteiger partial charge in [0, 0.05) is 12.6 Å². The lowest BCUT2D eigenvalue weighted by atomic mass is 10.1. The highest BCUT2D eigenvalue weighted by atomic mass is 19.1. The number of likely N-dealkylation sites (N-methyl/N-ethyl adjacent to an activating group) is 1. The zero-order valence-corrected chi connectivity index (χ0v) is 13.8. The van der Waals surface area contributed by atoms with E-state index in [0.29, 0.717) is 6.54 Å². The van der Waals surface area contributed by atoms with E-state index in [9.17, 15) is 13.6 Å². The van der Waals surface area contributed by atoms with Crippen molar-refractivity contribution >= 4 is 22.4 Å². The number of hydrogen-bond donors (Lipinski definition) is 1. The highest BCUT2D eigenvalue weighted by Gasteiger charge is 2.11. The maximum atomic E-state index is 13.6. The lowest BCUT2D eigenvalue weighted by molar-refractivity contribution is -0.117. The summed E-state index contributed by atoms with van der Waals surface area (Å²) >= 11 is 0. The first-order chi connectivity index (χ1) is 12.0. The summed E-state index contributed by atoms with van der Waals surface area (Å²) < 4.78 is 26.5. The molecule has 0 fully saturated rings. The monoisotopic (exact) mass is 340 g/mol. The topological polar surface area (TPSA) is 32.3 Å². The van der Waals surface area contributed by atoms with Crippen molar-refractivity contribution in [2.45, 2.75) is 6.54 Å². The molecular weight excluding hydrogens is 322 g/mol. The third-order valence-electron chi connectivity index (χ3n) is 3.89. The van der Waals surface area contributed by atoms with Crippen molar-refractivity contribution < 1.29 is 13.6 Å². The number of anilines is 1. The number of halogens is 2. The van der Waals surface area contributed by atoms with E-state index in [0.717, 1.165) is 23.1 Å². The fourth-order valence-corrected chi connectivity index (χ4v) is 2.73. The second kappa shape index (κ2) is 7.40. The van der Waals surface area contributed by atoms with Crippen LogP contribution in [-0.4, -0.2) is 24.4 Å². The van der Waals surface area contributed by atoms with Crippen LogP contribution in [0.15, 0.2) is 60.7 Å². The van der Waals surface area contributed by atoms with Crippen molar-refractivity contribution in [3.63, 3.8) is 0 Å². The molecule has 0 aliphatic carbocycles. The lowest BCUT2D eigenvalue weighted by Crippen LogP contribution is -2.30. The average Bonchev–Trinajstić information content (AvgIpc) is 2.57. The van der Waals surface area contributed by atoms with Crippen molar-refractivity contribution in [3.8, 4) is 0 Å². The van der Waals surface area contributed by atoms with Crippen molar-refractivity contribution in [2.75, 3.05) is 18.9 Å². The minimum atomic E-state index is -0.787. The van der Waals surface area contributed by atoms with Gasteiger partial charge in [-0.25, -0.2) is 8.78 Å². The van der Waals surface area contributed by atoms with Gasteiger partial charge in [0.05, 0.1) is 12.2 Å². The molecular formula is C20H18F2N2O. The van der Waals surface area contributed by atoms with Gasteiger partial charge in [-0.05, 0) is 41.6 Å². The molecule has 0 atom stereocenters.